The fourth-order valence-corrected chi connectivity index (χ4v) is 3.46. The predicted molar refractivity (Wildman–Crippen MR) is 100 cm³/mol. The molecule has 0 spiro atoms. The van der Waals surface area contributed by atoms with Gasteiger partial charge in [-0.25, -0.2) is 23.1 Å². The first-order valence-corrected chi connectivity index (χ1v) is 9.72. The molecule has 2 heterocycles. The van der Waals surface area contributed by atoms with Crippen LogP contribution in [0.2, 0.25) is 0 Å². The molecule has 1 aromatic carbocycles. The number of nitrogens with one attached hydrogen (secondary N) is 2. The third kappa shape index (κ3) is 4.71. The number of nitrogens with zero attached hydrogens (tertiary/aromatic N) is 4. The van der Waals surface area contributed by atoms with E-state index in [0.717, 1.165) is 12.3 Å². The topological polar surface area (TPSA) is 119 Å². The average Bonchev–Trinajstić information content (AvgIpc) is 3.11. The van der Waals surface area contributed by atoms with Crippen molar-refractivity contribution in [3.05, 3.63) is 59.7 Å². The third-order valence-corrected chi connectivity index (χ3v) is 5.06. The molecule has 0 aliphatic carbocycles. The summed E-state index contributed by atoms with van der Waals surface area (Å²) in [5.74, 6) is -0.861. The van der Waals surface area contributed by atoms with Crippen LogP contribution in [0.15, 0.2) is 47.5 Å². The molecule has 1 amide bonds. The first-order chi connectivity index (χ1) is 13.7. The van der Waals surface area contributed by atoms with Crippen LogP contribution in [0.1, 0.15) is 28.4 Å². The zero-order valence-electron chi connectivity index (χ0n) is 15.3. The fraction of sp³-hybridized carbons (Fsp3) is 0.176. The van der Waals surface area contributed by atoms with Gasteiger partial charge < -0.3 is 5.32 Å². The number of carbonyl (C=O) groups excluding carboxylic acids is 1. The zero-order chi connectivity index (χ0) is 21.2. The molecule has 0 radical (unpaired) electrons. The van der Waals surface area contributed by atoms with Crippen LogP contribution in [-0.2, 0) is 10.0 Å². The molecule has 0 saturated carbocycles. The largest absolute Gasteiger partial charge is 0.333 e. The van der Waals surface area contributed by atoms with Crippen LogP contribution >= 0.6 is 0 Å². The smallest absolute Gasteiger partial charge is 0.321 e. The lowest BCUT2D eigenvalue weighted by Crippen LogP contribution is -2.18. The second-order valence-corrected chi connectivity index (χ2v) is 7.68. The first kappa shape index (κ1) is 20.3. The summed E-state index contributed by atoms with van der Waals surface area (Å²) in [6.07, 6.45) is 1.08. The lowest BCUT2D eigenvalue weighted by Gasteiger charge is -2.10. The van der Waals surface area contributed by atoms with E-state index in [1.54, 1.807) is 19.9 Å². The minimum Gasteiger partial charge on any atom is -0.321 e. The van der Waals surface area contributed by atoms with Crippen molar-refractivity contribution in [3.63, 3.8) is 0 Å². The summed E-state index contributed by atoms with van der Waals surface area (Å²) in [5, 5.41) is 5.79. The van der Waals surface area contributed by atoms with Gasteiger partial charge in [0.25, 0.3) is 15.9 Å². The third-order valence-electron chi connectivity index (χ3n) is 3.72. The van der Waals surface area contributed by atoms with Crippen LogP contribution in [0, 0.1) is 13.8 Å². The maximum atomic E-state index is 12.8. The number of anilines is 2. The number of hydrogen-bond donors (Lipinski definition) is 2. The lowest BCUT2D eigenvalue weighted by molar-refractivity contribution is 0.0520. The maximum absolute atomic E-state index is 12.8. The standard InChI is InChI=1S/C17H16F2N6O3S/c1-10-9-11(2)22-17(21-10)24-29(27,28)13-5-3-12(4-6-13)23-15(26)14-7-8-20-25(14)16(18)19/h3-9,16H,1-2H3,(H,23,26)(H,21,22,24). The highest BCUT2D eigenvalue weighted by atomic mass is 32.2. The number of rotatable bonds is 6. The molecule has 0 bridgehead atoms. The minimum atomic E-state index is -3.95. The van der Waals surface area contributed by atoms with Crippen LogP contribution in [0.5, 0.6) is 0 Å². The number of hydrogen-bond acceptors (Lipinski definition) is 6. The molecule has 0 aliphatic heterocycles. The second kappa shape index (κ2) is 7.91. The molecule has 9 nitrogen and oxygen atoms in total. The van der Waals surface area contributed by atoms with E-state index in [1.807, 2.05) is 0 Å². The molecule has 2 aromatic heterocycles. The van der Waals surface area contributed by atoms with Crippen molar-refractivity contribution in [2.24, 2.45) is 0 Å². The van der Waals surface area contributed by atoms with Gasteiger partial charge in [-0.2, -0.15) is 18.6 Å². The fourth-order valence-electron chi connectivity index (χ4n) is 2.51. The van der Waals surface area contributed by atoms with E-state index < -0.39 is 22.5 Å². The summed E-state index contributed by atoms with van der Waals surface area (Å²) in [6.45, 7) is 0.463. The number of sulfonamides is 1. The Kier molecular flexibility index (Phi) is 5.55. The van der Waals surface area contributed by atoms with Crippen LogP contribution in [-0.4, -0.2) is 34.1 Å². The van der Waals surface area contributed by atoms with Gasteiger partial charge in [0, 0.05) is 23.3 Å². The van der Waals surface area contributed by atoms with E-state index in [9.17, 15) is 22.0 Å². The number of carbonyl (C=O) groups is 1. The Bertz CT molecular complexity index is 1130. The quantitative estimate of drug-likeness (QED) is 0.631. The van der Waals surface area contributed by atoms with Crippen LogP contribution in [0.3, 0.4) is 0 Å². The number of benzene rings is 1. The van der Waals surface area contributed by atoms with Crippen molar-refractivity contribution in [2.75, 3.05) is 10.0 Å². The SMILES string of the molecule is Cc1cc(C)nc(NS(=O)(=O)c2ccc(NC(=O)c3ccnn3C(F)F)cc2)n1. The van der Waals surface area contributed by atoms with Gasteiger partial charge in [0.05, 0.1) is 4.90 Å². The summed E-state index contributed by atoms with van der Waals surface area (Å²) >= 11 is 0. The van der Waals surface area contributed by atoms with Crippen molar-refractivity contribution in [1.29, 1.82) is 0 Å². The molecular formula is C17H16F2N6O3S. The van der Waals surface area contributed by atoms with Crippen LogP contribution in [0.25, 0.3) is 0 Å². The summed E-state index contributed by atoms with van der Waals surface area (Å²) in [4.78, 5) is 20.1. The van der Waals surface area contributed by atoms with Crippen LogP contribution < -0.4 is 10.0 Å². The average molecular weight is 422 g/mol. The van der Waals surface area contributed by atoms with Crippen molar-refractivity contribution in [2.45, 2.75) is 25.3 Å². The van der Waals surface area contributed by atoms with Gasteiger partial charge in [0.15, 0.2) is 0 Å². The lowest BCUT2D eigenvalue weighted by atomic mass is 10.3. The number of aryl methyl sites for hydroxylation is 2. The van der Waals surface area contributed by atoms with Gasteiger partial charge >= 0.3 is 6.55 Å². The Morgan fingerprint density at radius 1 is 1.07 bits per heavy atom. The summed E-state index contributed by atoms with van der Waals surface area (Å²) in [7, 11) is -3.95. The van der Waals surface area contributed by atoms with Gasteiger partial charge in [-0.1, -0.05) is 0 Å². The van der Waals surface area contributed by atoms with E-state index in [1.165, 1.54) is 24.3 Å². The molecule has 0 atom stereocenters. The Balaban J connectivity index is 1.75. The highest BCUT2D eigenvalue weighted by Gasteiger charge is 2.19. The molecule has 29 heavy (non-hydrogen) atoms. The van der Waals surface area contributed by atoms with E-state index in [2.05, 4.69) is 25.1 Å². The molecule has 2 N–H and O–H groups in total. The Hall–Kier alpha value is -3.41. The van der Waals surface area contributed by atoms with Gasteiger partial charge in [-0.05, 0) is 50.2 Å². The maximum Gasteiger partial charge on any atom is 0.333 e. The van der Waals surface area contributed by atoms with E-state index >= 15 is 0 Å². The second-order valence-electron chi connectivity index (χ2n) is 6.00. The molecule has 12 heteroatoms. The molecule has 152 valence electrons. The van der Waals surface area contributed by atoms with Gasteiger partial charge in [-0.3, -0.25) is 4.79 Å². The van der Waals surface area contributed by atoms with E-state index in [4.69, 9.17) is 0 Å². The molecule has 0 saturated heterocycles. The van der Waals surface area contributed by atoms with Crippen molar-refractivity contribution >= 4 is 27.6 Å². The molecule has 0 unspecified atom stereocenters. The highest BCUT2D eigenvalue weighted by molar-refractivity contribution is 7.92. The van der Waals surface area contributed by atoms with Gasteiger partial charge in [-0.15, -0.1) is 0 Å². The molecule has 3 rings (SSSR count). The van der Waals surface area contributed by atoms with E-state index in [-0.39, 0.29) is 26.9 Å². The Morgan fingerprint density at radius 3 is 2.28 bits per heavy atom. The molecule has 0 fully saturated rings. The monoisotopic (exact) mass is 422 g/mol. The molecule has 3 aromatic rings. The predicted octanol–water partition coefficient (Wildman–Crippen LogP) is 2.74. The van der Waals surface area contributed by atoms with Crippen molar-refractivity contribution in [1.82, 2.24) is 19.7 Å². The van der Waals surface area contributed by atoms with Crippen molar-refractivity contribution in [3.8, 4) is 0 Å². The molecular weight excluding hydrogens is 406 g/mol. The number of alkyl halides is 2. The van der Waals surface area contributed by atoms with Gasteiger partial charge in [0.2, 0.25) is 5.95 Å². The zero-order valence-corrected chi connectivity index (χ0v) is 16.1. The minimum absolute atomic E-state index is 0.0554. The van der Waals surface area contributed by atoms with Crippen LogP contribution in [0.4, 0.5) is 20.4 Å². The number of aromatic nitrogens is 4. The first-order valence-electron chi connectivity index (χ1n) is 8.24. The van der Waals surface area contributed by atoms with Gasteiger partial charge in [0.1, 0.15) is 5.69 Å². The Labute approximate surface area is 164 Å². The normalized spacial score (nSPS) is 11.5. The summed E-state index contributed by atoms with van der Waals surface area (Å²) in [6, 6.07) is 8.02. The summed E-state index contributed by atoms with van der Waals surface area (Å²) in [5.41, 5.74) is 1.11. The highest BCUT2D eigenvalue weighted by Crippen LogP contribution is 2.18. The molecule has 0 aliphatic rings. The Morgan fingerprint density at radius 2 is 1.69 bits per heavy atom. The number of amides is 1. The summed E-state index contributed by atoms with van der Waals surface area (Å²) < 4.78 is 53.2. The van der Waals surface area contributed by atoms with Crippen molar-refractivity contribution < 1.29 is 22.0 Å². The number of halogens is 2. The van der Waals surface area contributed by atoms with E-state index in [0.29, 0.717) is 11.4 Å².